The van der Waals surface area contributed by atoms with Crippen molar-refractivity contribution in [2.45, 2.75) is 37.1 Å². The normalized spacial score (nSPS) is 21.0. The lowest BCUT2D eigenvalue weighted by Crippen LogP contribution is -2.44. The summed E-state index contributed by atoms with van der Waals surface area (Å²) in [5.74, 6) is 0. The van der Waals surface area contributed by atoms with Gasteiger partial charge < -0.3 is 9.84 Å². The number of hydrogen-bond acceptors (Lipinski definition) is 4. The van der Waals surface area contributed by atoms with Crippen LogP contribution in [0, 0.1) is 0 Å². The van der Waals surface area contributed by atoms with Crippen LogP contribution >= 0.6 is 11.3 Å². The average molecular weight is 267 g/mol. The maximum atomic E-state index is 12.4. The molecular weight excluding hydrogens is 255 g/mol. The van der Waals surface area contributed by atoms with Crippen molar-refractivity contribution in [1.82, 2.24) is 4.98 Å². The lowest BCUT2D eigenvalue weighted by atomic mass is 9.75. The zero-order valence-corrected chi connectivity index (χ0v) is 9.94. The maximum absolute atomic E-state index is 12.4. The van der Waals surface area contributed by atoms with E-state index in [2.05, 4.69) is 4.98 Å². The van der Waals surface area contributed by atoms with Crippen molar-refractivity contribution in [2.75, 3.05) is 7.11 Å². The number of nitrogens with zero attached hydrogens (tertiary/aromatic N) is 1. The van der Waals surface area contributed by atoms with Crippen molar-refractivity contribution in [3.63, 3.8) is 0 Å². The Morgan fingerprint density at radius 1 is 1.53 bits per heavy atom. The molecule has 3 nitrogen and oxygen atoms in total. The highest BCUT2D eigenvalue weighted by molar-refractivity contribution is 7.11. The Morgan fingerprint density at radius 2 is 2.18 bits per heavy atom. The van der Waals surface area contributed by atoms with Crippen molar-refractivity contribution in [3.05, 3.63) is 16.1 Å². The summed E-state index contributed by atoms with van der Waals surface area (Å²) in [7, 11) is 1.47. The molecule has 1 fully saturated rings. The number of halogens is 3. The second kappa shape index (κ2) is 4.22. The first kappa shape index (κ1) is 12.8. The number of alkyl halides is 3. The van der Waals surface area contributed by atoms with Gasteiger partial charge in [-0.2, -0.15) is 13.2 Å². The number of hydrogen-bond donors (Lipinski definition) is 1. The monoisotopic (exact) mass is 267 g/mol. The van der Waals surface area contributed by atoms with Crippen LogP contribution < -0.4 is 0 Å². The van der Waals surface area contributed by atoms with Crippen molar-refractivity contribution >= 4 is 11.3 Å². The molecule has 0 spiro atoms. The molecule has 1 aliphatic rings. The van der Waals surface area contributed by atoms with Crippen molar-refractivity contribution in [1.29, 1.82) is 0 Å². The summed E-state index contributed by atoms with van der Waals surface area (Å²) < 4.78 is 42.4. The van der Waals surface area contributed by atoms with Gasteiger partial charge in [0.05, 0.1) is 10.5 Å². The van der Waals surface area contributed by atoms with Crippen molar-refractivity contribution in [3.8, 4) is 0 Å². The molecule has 17 heavy (non-hydrogen) atoms. The molecule has 0 saturated heterocycles. The van der Waals surface area contributed by atoms with Crippen LogP contribution in [0.2, 0.25) is 0 Å². The Hall–Kier alpha value is -0.660. The second-order valence-corrected chi connectivity index (χ2v) is 5.15. The molecule has 0 amide bonds. The van der Waals surface area contributed by atoms with Crippen LogP contribution in [0.15, 0.2) is 6.20 Å². The van der Waals surface area contributed by atoms with Gasteiger partial charge in [0.1, 0.15) is 6.10 Å². The van der Waals surface area contributed by atoms with E-state index in [-0.39, 0.29) is 4.88 Å². The number of aliphatic hydroxyl groups is 1. The van der Waals surface area contributed by atoms with Gasteiger partial charge in [-0.1, -0.05) is 0 Å². The molecule has 1 heterocycles. The fourth-order valence-electron chi connectivity index (χ4n) is 1.92. The smallest absolute Gasteiger partial charge is 0.384 e. The quantitative estimate of drug-likeness (QED) is 0.915. The number of rotatable bonds is 3. The minimum Gasteiger partial charge on any atom is -0.384 e. The van der Waals surface area contributed by atoms with Gasteiger partial charge in [-0.3, -0.25) is 0 Å². The van der Waals surface area contributed by atoms with E-state index in [4.69, 9.17) is 4.74 Å². The molecule has 0 bridgehead atoms. The predicted molar refractivity (Wildman–Crippen MR) is 55.7 cm³/mol. The van der Waals surface area contributed by atoms with Gasteiger partial charge in [0.2, 0.25) is 0 Å². The van der Waals surface area contributed by atoms with E-state index in [0.29, 0.717) is 24.2 Å². The molecule has 1 saturated carbocycles. The summed E-state index contributed by atoms with van der Waals surface area (Å²) in [4.78, 5) is 3.50. The molecule has 1 aromatic rings. The third-order valence-corrected chi connectivity index (χ3v) is 4.23. The van der Waals surface area contributed by atoms with E-state index in [1.165, 1.54) is 7.11 Å². The summed E-state index contributed by atoms with van der Waals surface area (Å²) >= 11 is 0.473. The third-order valence-electron chi connectivity index (χ3n) is 3.14. The van der Waals surface area contributed by atoms with Crippen LogP contribution in [0.25, 0.3) is 0 Å². The molecule has 1 unspecified atom stereocenters. The Kier molecular flexibility index (Phi) is 3.17. The summed E-state index contributed by atoms with van der Waals surface area (Å²) in [5.41, 5.74) is -0.727. The van der Waals surface area contributed by atoms with Gasteiger partial charge in [0, 0.05) is 13.3 Å². The minimum atomic E-state index is -4.46. The Bertz CT molecular complexity index is 395. The number of aliphatic hydroxyl groups excluding tert-OH is 1. The molecule has 2 rings (SSSR count). The van der Waals surface area contributed by atoms with Crippen LogP contribution in [0.3, 0.4) is 0 Å². The first-order valence-corrected chi connectivity index (χ1v) is 5.97. The molecule has 0 aromatic carbocycles. The Labute approximate surface area is 100 Å². The molecule has 0 aliphatic heterocycles. The van der Waals surface area contributed by atoms with Crippen LogP contribution in [-0.2, 0) is 10.9 Å². The van der Waals surface area contributed by atoms with Crippen LogP contribution in [0.1, 0.15) is 35.3 Å². The highest BCUT2D eigenvalue weighted by Gasteiger charge is 2.46. The number of thiazole rings is 1. The van der Waals surface area contributed by atoms with E-state index in [1.54, 1.807) is 0 Å². The highest BCUT2D eigenvalue weighted by Crippen LogP contribution is 2.46. The molecule has 1 N–H and O–H groups in total. The van der Waals surface area contributed by atoms with Crippen molar-refractivity contribution < 1.29 is 23.0 Å². The fourth-order valence-corrected chi connectivity index (χ4v) is 2.79. The molecule has 1 aliphatic carbocycles. The number of aromatic nitrogens is 1. The maximum Gasteiger partial charge on any atom is 0.443 e. The zero-order valence-electron chi connectivity index (χ0n) is 9.12. The SMILES string of the molecule is COC1(C(O)c2cnc(C(F)(F)F)s2)CCC1. The summed E-state index contributed by atoms with van der Waals surface area (Å²) in [6.07, 6.45) is -2.18. The van der Waals surface area contributed by atoms with Gasteiger partial charge in [0.25, 0.3) is 0 Å². The van der Waals surface area contributed by atoms with E-state index in [0.717, 1.165) is 12.6 Å². The molecular formula is C10H12F3NO2S. The first-order valence-electron chi connectivity index (χ1n) is 5.15. The van der Waals surface area contributed by atoms with Crippen LogP contribution in [-0.4, -0.2) is 22.8 Å². The molecule has 96 valence electrons. The molecule has 1 aromatic heterocycles. The van der Waals surface area contributed by atoms with Gasteiger partial charge in [0.15, 0.2) is 5.01 Å². The second-order valence-electron chi connectivity index (χ2n) is 4.09. The fraction of sp³-hybridized carbons (Fsp3) is 0.700. The topological polar surface area (TPSA) is 42.4 Å². The predicted octanol–water partition coefficient (Wildman–Crippen LogP) is 2.76. The molecule has 0 radical (unpaired) electrons. The third kappa shape index (κ3) is 2.19. The van der Waals surface area contributed by atoms with Crippen LogP contribution in [0.5, 0.6) is 0 Å². The molecule has 7 heteroatoms. The van der Waals surface area contributed by atoms with Gasteiger partial charge in [-0.05, 0) is 19.3 Å². The van der Waals surface area contributed by atoms with Gasteiger partial charge >= 0.3 is 6.18 Å². The van der Waals surface area contributed by atoms with E-state index in [1.807, 2.05) is 0 Å². The standard InChI is InChI=1S/C10H12F3NO2S/c1-16-9(3-2-4-9)7(15)6-5-14-8(17-6)10(11,12)13/h5,7,15H,2-4H2,1H3. The van der Waals surface area contributed by atoms with Crippen molar-refractivity contribution in [2.24, 2.45) is 0 Å². The lowest BCUT2D eigenvalue weighted by Gasteiger charge is -2.43. The summed E-state index contributed by atoms with van der Waals surface area (Å²) in [6.45, 7) is 0. The summed E-state index contributed by atoms with van der Waals surface area (Å²) in [5, 5.41) is 9.11. The van der Waals surface area contributed by atoms with Crippen LogP contribution in [0.4, 0.5) is 13.2 Å². The number of ether oxygens (including phenoxy) is 1. The van der Waals surface area contributed by atoms with E-state index < -0.39 is 22.9 Å². The summed E-state index contributed by atoms with van der Waals surface area (Å²) in [6, 6.07) is 0. The minimum absolute atomic E-state index is 0.207. The average Bonchev–Trinajstić information content (AvgIpc) is 2.64. The Morgan fingerprint density at radius 3 is 2.53 bits per heavy atom. The van der Waals surface area contributed by atoms with Gasteiger partial charge in [-0.15, -0.1) is 11.3 Å². The first-order chi connectivity index (χ1) is 7.89. The van der Waals surface area contributed by atoms with E-state index in [9.17, 15) is 18.3 Å². The van der Waals surface area contributed by atoms with Gasteiger partial charge in [-0.25, -0.2) is 4.98 Å². The molecule has 1 atom stereocenters. The highest BCUT2D eigenvalue weighted by atomic mass is 32.1. The number of methoxy groups -OCH3 is 1. The zero-order chi connectivity index (χ0) is 12.7. The largest absolute Gasteiger partial charge is 0.443 e. The Balaban J connectivity index is 2.20. The lowest BCUT2D eigenvalue weighted by molar-refractivity contribution is -0.150. The van der Waals surface area contributed by atoms with E-state index >= 15 is 0 Å².